The molecule has 0 aromatic rings. The van der Waals surface area contributed by atoms with Crippen LogP contribution < -0.4 is 4.98 Å². The standard InChI is InChI=1S/C9H13.C6H16NSi.2ClH.Ti/c1-6-5-7(2)9(4)8(6)3;1-6(2,3)7-8(4)5;;;/h6H,1-4H3;7H,1-5H3;2*1H;/q-1;;;;. The van der Waals surface area contributed by atoms with Crippen molar-refractivity contribution in [2.45, 2.75) is 67.1 Å². The molecular formula is C15H31Cl2NSiTi-. The van der Waals surface area contributed by atoms with Crippen LogP contribution in [0, 0.1) is 12.0 Å². The van der Waals surface area contributed by atoms with E-state index < -0.39 is 0 Å². The van der Waals surface area contributed by atoms with Crippen LogP contribution in [-0.4, -0.2) is 14.5 Å². The van der Waals surface area contributed by atoms with Crippen molar-refractivity contribution >= 4 is 33.8 Å². The maximum absolute atomic E-state index is 3.48. The maximum atomic E-state index is 3.48. The summed E-state index contributed by atoms with van der Waals surface area (Å²) >= 11 is 0. The number of rotatable bonds is 1. The summed E-state index contributed by atoms with van der Waals surface area (Å²) in [7, 11) is -0.242. The molecule has 0 aromatic heterocycles. The minimum atomic E-state index is -0.242. The average molecular weight is 372 g/mol. The van der Waals surface area contributed by atoms with Gasteiger partial charge in [0.2, 0.25) is 0 Å². The van der Waals surface area contributed by atoms with Gasteiger partial charge in [0.05, 0.1) is 0 Å². The Hall–Kier alpha value is 0.951. The SMILES string of the molecule is CC1=[C-]C(C)C(C)=C1C.C[Si](C)NC(C)(C)C.Cl.Cl.[Ti]. The Kier molecular flexibility index (Phi) is 18.1. The van der Waals surface area contributed by atoms with Gasteiger partial charge in [0, 0.05) is 27.3 Å². The van der Waals surface area contributed by atoms with Gasteiger partial charge in [-0.05, 0) is 20.8 Å². The van der Waals surface area contributed by atoms with E-state index in [0.717, 1.165) is 0 Å². The third kappa shape index (κ3) is 12.7. The van der Waals surface area contributed by atoms with E-state index in [0.29, 0.717) is 11.5 Å². The number of hydrogen-bond acceptors (Lipinski definition) is 1. The summed E-state index contributed by atoms with van der Waals surface area (Å²) in [5, 5.41) is 0. The molecule has 1 unspecified atom stereocenters. The summed E-state index contributed by atoms with van der Waals surface area (Å²) in [5.41, 5.74) is 4.56. The number of halogens is 2. The first kappa shape index (κ1) is 29.0. The second-order valence-corrected chi connectivity index (χ2v) is 8.42. The molecule has 0 saturated heterocycles. The Morgan fingerprint density at radius 3 is 1.50 bits per heavy atom. The predicted octanol–water partition coefficient (Wildman–Crippen LogP) is 5.19. The Morgan fingerprint density at radius 1 is 1.05 bits per heavy atom. The molecule has 119 valence electrons. The van der Waals surface area contributed by atoms with Gasteiger partial charge >= 0.3 is 0 Å². The smallest absolute Gasteiger partial charge is 0.127 e. The third-order valence-electron chi connectivity index (χ3n) is 2.86. The zero-order valence-electron chi connectivity index (χ0n) is 14.4. The van der Waals surface area contributed by atoms with Gasteiger partial charge < -0.3 is 4.98 Å². The molecule has 1 rings (SSSR count). The van der Waals surface area contributed by atoms with E-state index in [1.807, 2.05) is 0 Å². The molecule has 1 nitrogen and oxygen atoms in total. The van der Waals surface area contributed by atoms with Crippen LogP contribution in [0.3, 0.4) is 0 Å². The first-order valence-corrected chi connectivity index (χ1v) is 8.90. The Bertz CT molecular complexity index is 320. The second kappa shape index (κ2) is 12.5. The van der Waals surface area contributed by atoms with Crippen molar-refractivity contribution in [3.05, 3.63) is 22.8 Å². The van der Waals surface area contributed by atoms with Crippen LogP contribution in [0.1, 0.15) is 48.5 Å². The van der Waals surface area contributed by atoms with E-state index in [9.17, 15) is 0 Å². The fourth-order valence-electron chi connectivity index (χ4n) is 1.91. The van der Waals surface area contributed by atoms with Crippen molar-refractivity contribution in [1.82, 2.24) is 4.98 Å². The molecule has 1 aliphatic carbocycles. The molecule has 0 amide bonds. The van der Waals surface area contributed by atoms with Crippen molar-refractivity contribution in [3.8, 4) is 0 Å². The van der Waals surface area contributed by atoms with E-state index in [1.54, 1.807) is 0 Å². The molecule has 0 aromatic carbocycles. The van der Waals surface area contributed by atoms with Gasteiger partial charge in [-0.1, -0.05) is 39.8 Å². The van der Waals surface area contributed by atoms with Crippen molar-refractivity contribution in [3.63, 3.8) is 0 Å². The van der Waals surface area contributed by atoms with Crippen LogP contribution in [-0.2, 0) is 21.7 Å². The minimum Gasteiger partial charge on any atom is -0.334 e. The average Bonchev–Trinajstić information content (AvgIpc) is 2.30. The van der Waals surface area contributed by atoms with E-state index in [2.05, 4.69) is 72.6 Å². The van der Waals surface area contributed by atoms with Gasteiger partial charge in [-0.25, -0.2) is 5.57 Å². The van der Waals surface area contributed by atoms with E-state index in [-0.39, 0.29) is 55.5 Å². The molecule has 1 atom stereocenters. The number of nitrogens with one attached hydrogen (secondary N) is 1. The minimum absolute atomic E-state index is 0. The fourth-order valence-corrected chi connectivity index (χ4v) is 3.41. The summed E-state index contributed by atoms with van der Waals surface area (Å²) < 4.78 is 0. The molecule has 1 radical (unpaired) electrons. The van der Waals surface area contributed by atoms with Gasteiger partial charge in [0.15, 0.2) is 0 Å². The van der Waals surface area contributed by atoms with Crippen LogP contribution in [0.2, 0.25) is 13.1 Å². The Morgan fingerprint density at radius 2 is 1.45 bits per heavy atom. The molecule has 1 N–H and O–H groups in total. The predicted molar refractivity (Wildman–Crippen MR) is 94.8 cm³/mol. The first-order chi connectivity index (χ1) is 7.54. The molecule has 0 aliphatic heterocycles. The molecule has 1 aliphatic rings. The zero-order valence-corrected chi connectivity index (χ0v) is 18.6. The summed E-state index contributed by atoms with van der Waals surface area (Å²) in [4.78, 5) is 3.48. The summed E-state index contributed by atoms with van der Waals surface area (Å²) in [6.07, 6.45) is 3.36. The van der Waals surface area contributed by atoms with Gasteiger partial charge in [0.25, 0.3) is 0 Å². The molecule has 20 heavy (non-hydrogen) atoms. The van der Waals surface area contributed by atoms with Crippen LogP contribution in [0.15, 0.2) is 16.7 Å². The van der Waals surface area contributed by atoms with E-state index in [1.165, 1.54) is 16.7 Å². The van der Waals surface area contributed by atoms with Gasteiger partial charge in [-0.2, -0.15) is 11.1 Å². The van der Waals surface area contributed by atoms with Crippen LogP contribution in [0.25, 0.3) is 0 Å². The third-order valence-corrected chi connectivity index (χ3v) is 4.11. The topological polar surface area (TPSA) is 12.0 Å². The van der Waals surface area contributed by atoms with Crippen LogP contribution in [0.4, 0.5) is 0 Å². The molecule has 0 spiro atoms. The Labute approximate surface area is 155 Å². The van der Waals surface area contributed by atoms with Crippen molar-refractivity contribution in [1.29, 1.82) is 0 Å². The Balaban J connectivity index is -0.000000112. The summed E-state index contributed by atoms with van der Waals surface area (Å²) in [6.45, 7) is 19.8. The summed E-state index contributed by atoms with van der Waals surface area (Å²) in [5.74, 6) is 0.560. The normalized spacial score (nSPS) is 17.3. The van der Waals surface area contributed by atoms with E-state index >= 15 is 0 Å². The summed E-state index contributed by atoms with van der Waals surface area (Å²) in [6, 6.07) is 0. The van der Waals surface area contributed by atoms with Crippen LogP contribution in [0.5, 0.6) is 0 Å². The molecule has 0 fully saturated rings. The largest absolute Gasteiger partial charge is 0.334 e. The van der Waals surface area contributed by atoms with Crippen LogP contribution >= 0.6 is 24.8 Å². The van der Waals surface area contributed by atoms with Gasteiger partial charge in [-0.3, -0.25) is 6.08 Å². The first-order valence-electron chi connectivity index (χ1n) is 6.40. The number of hydrogen-bond donors (Lipinski definition) is 1. The molecule has 0 heterocycles. The van der Waals surface area contributed by atoms with Gasteiger partial charge in [-0.15, -0.1) is 31.7 Å². The van der Waals surface area contributed by atoms with Crippen molar-refractivity contribution < 1.29 is 21.7 Å². The molecular weight excluding hydrogens is 341 g/mol. The van der Waals surface area contributed by atoms with Crippen molar-refractivity contribution in [2.24, 2.45) is 5.92 Å². The fraction of sp³-hybridized carbons (Fsp3) is 0.733. The molecule has 0 bridgehead atoms. The monoisotopic (exact) mass is 371 g/mol. The second-order valence-electron chi connectivity index (χ2n) is 6.17. The quantitative estimate of drug-likeness (QED) is 0.494. The van der Waals surface area contributed by atoms with E-state index in [4.69, 9.17) is 0 Å². The zero-order chi connectivity index (χ0) is 13.8. The van der Waals surface area contributed by atoms with Crippen molar-refractivity contribution in [2.75, 3.05) is 0 Å². The van der Waals surface area contributed by atoms with Gasteiger partial charge in [0.1, 0.15) is 8.96 Å². The maximum Gasteiger partial charge on any atom is 0.127 e. The molecule has 0 saturated carbocycles. The molecule has 5 heteroatoms. The number of allylic oxidation sites excluding steroid dienone is 4.